The van der Waals surface area contributed by atoms with Gasteiger partial charge in [0.2, 0.25) is 0 Å². The fourth-order valence-corrected chi connectivity index (χ4v) is 2.44. The topological polar surface area (TPSA) is 55.6 Å². The molecule has 0 saturated heterocycles. The summed E-state index contributed by atoms with van der Waals surface area (Å²) < 4.78 is 1.90. The zero-order chi connectivity index (χ0) is 14.7. The number of nitrogens with zero attached hydrogens (tertiary/aromatic N) is 4. The molecule has 2 aromatic heterocycles. The van der Waals surface area contributed by atoms with E-state index in [4.69, 9.17) is 0 Å². The van der Waals surface area contributed by atoms with Gasteiger partial charge in [0.1, 0.15) is 12.1 Å². The zero-order valence-corrected chi connectivity index (χ0v) is 12.1. The highest BCUT2D eigenvalue weighted by molar-refractivity contribution is 5.67. The van der Waals surface area contributed by atoms with Crippen LogP contribution in [0, 0.1) is 0 Å². The van der Waals surface area contributed by atoms with Gasteiger partial charge in [-0.3, -0.25) is 0 Å². The fraction of sp³-hybridized carbons (Fsp3) is 0.188. The molecule has 0 aliphatic heterocycles. The van der Waals surface area contributed by atoms with Crippen LogP contribution in [-0.2, 0) is 6.42 Å². The summed E-state index contributed by atoms with van der Waals surface area (Å²) in [5.41, 5.74) is 4.00. The van der Waals surface area contributed by atoms with Crippen molar-refractivity contribution in [3.63, 3.8) is 0 Å². The van der Waals surface area contributed by atoms with E-state index < -0.39 is 0 Å². The van der Waals surface area contributed by atoms with Crippen molar-refractivity contribution in [3.8, 4) is 17.1 Å². The summed E-state index contributed by atoms with van der Waals surface area (Å²) in [4.78, 5) is 8.76. The second-order valence-electron chi connectivity index (χ2n) is 4.62. The molecule has 0 unspecified atom stereocenters. The predicted octanol–water partition coefficient (Wildman–Crippen LogP) is 2.93. The van der Waals surface area contributed by atoms with E-state index in [1.807, 2.05) is 48.1 Å². The quantitative estimate of drug-likeness (QED) is 0.797. The van der Waals surface area contributed by atoms with Gasteiger partial charge in [-0.05, 0) is 24.6 Å². The summed E-state index contributed by atoms with van der Waals surface area (Å²) in [7, 11) is 1.87. The summed E-state index contributed by atoms with van der Waals surface area (Å²) in [5, 5.41) is 7.56. The minimum atomic E-state index is 0.853. The monoisotopic (exact) mass is 279 g/mol. The number of anilines is 1. The lowest BCUT2D eigenvalue weighted by Crippen LogP contribution is -2.05. The third kappa shape index (κ3) is 2.38. The maximum absolute atomic E-state index is 4.47. The van der Waals surface area contributed by atoms with Gasteiger partial charge in [-0.2, -0.15) is 5.10 Å². The molecule has 3 rings (SSSR count). The molecule has 0 radical (unpaired) electrons. The summed E-state index contributed by atoms with van der Waals surface area (Å²) in [6.07, 6.45) is 4.23. The molecule has 0 amide bonds. The molecular formula is C16H17N5. The summed E-state index contributed by atoms with van der Waals surface area (Å²) in [6.45, 7) is 2.10. The highest BCUT2D eigenvalue weighted by Gasteiger charge is 2.15. The zero-order valence-electron chi connectivity index (χ0n) is 12.1. The van der Waals surface area contributed by atoms with Crippen LogP contribution in [0.1, 0.15) is 12.5 Å². The Bertz CT molecular complexity index is 733. The van der Waals surface area contributed by atoms with Crippen LogP contribution in [0.4, 0.5) is 5.82 Å². The van der Waals surface area contributed by atoms with Crippen LogP contribution < -0.4 is 5.32 Å². The first-order chi connectivity index (χ1) is 10.3. The van der Waals surface area contributed by atoms with Gasteiger partial charge in [0.25, 0.3) is 0 Å². The molecule has 3 aromatic rings. The average Bonchev–Trinajstić information content (AvgIpc) is 3.04. The van der Waals surface area contributed by atoms with Gasteiger partial charge in [0.05, 0.1) is 23.3 Å². The molecule has 0 saturated carbocycles. The van der Waals surface area contributed by atoms with Crippen LogP contribution in [0.5, 0.6) is 0 Å². The Balaban J connectivity index is 2.17. The molecular weight excluding hydrogens is 262 g/mol. The van der Waals surface area contributed by atoms with E-state index in [9.17, 15) is 0 Å². The number of benzene rings is 1. The van der Waals surface area contributed by atoms with Gasteiger partial charge in [-0.1, -0.05) is 25.1 Å². The molecule has 2 heterocycles. The lowest BCUT2D eigenvalue weighted by Gasteiger charge is -2.12. The van der Waals surface area contributed by atoms with Gasteiger partial charge in [0, 0.05) is 12.6 Å². The van der Waals surface area contributed by atoms with Crippen LogP contribution in [0.25, 0.3) is 17.1 Å². The Morgan fingerprint density at radius 1 is 1.10 bits per heavy atom. The highest BCUT2D eigenvalue weighted by Crippen LogP contribution is 2.27. The largest absolute Gasteiger partial charge is 0.373 e. The number of hydrogen-bond acceptors (Lipinski definition) is 4. The van der Waals surface area contributed by atoms with E-state index in [2.05, 4.69) is 27.3 Å². The Kier molecular flexibility index (Phi) is 3.64. The molecule has 5 nitrogen and oxygen atoms in total. The first-order valence-electron chi connectivity index (χ1n) is 6.96. The average molecular weight is 279 g/mol. The van der Waals surface area contributed by atoms with Gasteiger partial charge in [-0.25, -0.2) is 14.6 Å². The van der Waals surface area contributed by atoms with Gasteiger partial charge < -0.3 is 5.32 Å². The Hall–Kier alpha value is -2.69. The lowest BCUT2D eigenvalue weighted by molar-refractivity contribution is 0.879. The highest BCUT2D eigenvalue weighted by atomic mass is 15.3. The van der Waals surface area contributed by atoms with Crippen molar-refractivity contribution in [2.24, 2.45) is 0 Å². The van der Waals surface area contributed by atoms with E-state index in [-0.39, 0.29) is 0 Å². The SMILES string of the molecule is CCc1c(NC)ncnc1-c1ccnn1-c1ccccc1. The molecule has 1 aromatic carbocycles. The van der Waals surface area contributed by atoms with Crippen LogP contribution >= 0.6 is 0 Å². The summed E-state index contributed by atoms with van der Waals surface area (Å²) in [5.74, 6) is 0.864. The first kappa shape index (κ1) is 13.3. The molecule has 0 atom stereocenters. The molecule has 0 aliphatic carbocycles. The number of nitrogens with one attached hydrogen (secondary N) is 1. The minimum absolute atomic E-state index is 0.853. The molecule has 0 aliphatic rings. The van der Waals surface area contributed by atoms with Crippen LogP contribution in [-0.4, -0.2) is 26.8 Å². The Morgan fingerprint density at radius 2 is 1.90 bits per heavy atom. The maximum Gasteiger partial charge on any atom is 0.132 e. The first-order valence-corrected chi connectivity index (χ1v) is 6.96. The van der Waals surface area contributed by atoms with Gasteiger partial charge in [-0.15, -0.1) is 0 Å². The van der Waals surface area contributed by atoms with E-state index in [1.54, 1.807) is 12.5 Å². The van der Waals surface area contributed by atoms with Crippen LogP contribution in [0.2, 0.25) is 0 Å². The summed E-state index contributed by atoms with van der Waals surface area (Å²) >= 11 is 0. The van der Waals surface area contributed by atoms with Crippen molar-refractivity contribution in [1.82, 2.24) is 19.7 Å². The normalized spacial score (nSPS) is 10.6. The summed E-state index contributed by atoms with van der Waals surface area (Å²) in [6, 6.07) is 12.0. The number of aromatic nitrogens is 4. The molecule has 0 fully saturated rings. The van der Waals surface area contributed by atoms with Crippen molar-refractivity contribution in [2.45, 2.75) is 13.3 Å². The predicted molar refractivity (Wildman–Crippen MR) is 83.5 cm³/mol. The molecule has 106 valence electrons. The smallest absolute Gasteiger partial charge is 0.132 e. The minimum Gasteiger partial charge on any atom is -0.373 e. The van der Waals surface area contributed by atoms with Crippen molar-refractivity contribution in [1.29, 1.82) is 0 Å². The third-order valence-corrected chi connectivity index (χ3v) is 3.42. The molecule has 0 spiro atoms. The standard InChI is InChI=1S/C16H17N5/c1-3-13-15(18-11-19-16(13)17-2)14-9-10-20-21(14)12-7-5-4-6-8-12/h4-11H,3H2,1-2H3,(H,17,18,19). The molecule has 5 heteroatoms. The van der Waals surface area contributed by atoms with E-state index in [0.29, 0.717) is 0 Å². The number of hydrogen-bond donors (Lipinski definition) is 1. The second-order valence-corrected chi connectivity index (χ2v) is 4.62. The Morgan fingerprint density at radius 3 is 2.62 bits per heavy atom. The van der Waals surface area contributed by atoms with Crippen molar-refractivity contribution >= 4 is 5.82 Å². The van der Waals surface area contributed by atoms with Crippen LogP contribution in [0.15, 0.2) is 48.9 Å². The second kappa shape index (κ2) is 5.75. The van der Waals surface area contributed by atoms with Crippen molar-refractivity contribution < 1.29 is 0 Å². The molecule has 1 N–H and O–H groups in total. The molecule has 0 bridgehead atoms. The number of rotatable bonds is 4. The van der Waals surface area contributed by atoms with E-state index in [0.717, 1.165) is 34.9 Å². The lowest BCUT2D eigenvalue weighted by atomic mass is 10.1. The fourth-order valence-electron chi connectivity index (χ4n) is 2.44. The van der Waals surface area contributed by atoms with E-state index in [1.165, 1.54) is 0 Å². The van der Waals surface area contributed by atoms with E-state index >= 15 is 0 Å². The van der Waals surface area contributed by atoms with Crippen molar-refractivity contribution in [2.75, 3.05) is 12.4 Å². The van der Waals surface area contributed by atoms with Crippen molar-refractivity contribution in [3.05, 3.63) is 54.5 Å². The third-order valence-electron chi connectivity index (χ3n) is 3.42. The Labute approximate surface area is 123 Å². The molecule has 21 heavy (non-hydrogen) atoms. The number of para-hydroxylation sites is 1. The van der Waals surface area contributed by atoms with Crippen LogP contribution in [0.3, 0.4) is 0 Å². The van der Waals surface area contributed by atoms with Gasteiger partial charge in [0.15, 0.2) is 0 Å². The maximum atomic E-state index is 4.47. The van der Waals surface area contributed by atoms with Gasteiger partial charge >= 0.3 is 0 Å².